The molecule has 2 fully saturated rings. The van der Waals surface area contributed by atoms with Crippen molar-refractivity contribution in [3.63, 3.8) is 0 Å². The van der Waals surface area contributed by atoms with E-state index in [4.69, 9.17) is 9.25 Å². The fourth-order valence-corrected chi connectivity index (χ4v) is 3.11. The molecule has 21 heavy (non-hydrogen) atoms. The SMILES string of the molecule is C[C@]1(O)CC[C@@H](C(=O)N2CCCO2)N(Cc2ccoc2)C1. The van der Waals surface area contributed by atoms with Gasteiger partial charge in [-0.1, -0.05) is 0 Å². The van der Waals surface area contributed by atoms with Gasteiger partial charge in [0.25, 0.3) is 5.91 Å². The summed E-state index contributed by atoms with van der Waals surface area (Å²) in [5, 5.41) is 11.8. The number of carbonyl (C=O) groups is 1. The number of hydroxylamine groups is 2. The lowest BCUT2D eigenvalue weighted by atomic mass is 9.89. The van der Waals surface area contributed by atoms with Crippen molar-refractivity contribution >= 4 is 5.91 Å². The first-order valence-corrected chi connectivity index (χ1v) is 7.47. The molecule has 0 aliphatic carbocycles. The highest BCUT2D eigenvalue weighted by Crippen LogP contribution is 2.28. The van der Waals surface area contributed by atoms with Crippen LogP contribution in [0.3, 0.4) is 0 Å². The Hall–Kier alpha value is -1.37. The summed E-state index contributed by atoms with van der Waals surface area (Å²) in [4.78, 5) is 20.0. The lowest BCUT2D eigenvalue weighted by Gasteiger charge is -2.42. The molecule has 0 spiro atoms. The van der Waals surface area contributed by atoms with Gasteiger partial charge in [0.1, 0.15) is 0 Å². The highest BCUT2D eigenvalue weighted by Gasteiger charge is 2.40. The van der Waals surface area contributed by atoms with Gasteiger partial charge in [-0.3, -0.25) is 14.5 Å². The summed E-state index contributed by atoms with van der Waals surface area (Å²) in [7, 11) is 0. The van der Waals surface area contributed by atoms with Gasteiger partial charge in [0.05, 0.1) is 37.3 Å². The van der Waals surface area contributed by atoms with Gasteiger partial charge in [-0.15, -0.1) is 0 Å². The zero-order chi connectivity index (χ0) is 14.9. The van der Waals surface area contributed by atoms with E-state index in [1.807, 2.05) is 17.9 Å². The Morgan fingerprint density at radius 1 is 1.57 bits per heavy atom. The fourth-order valence-electron chi connectivity index (χ4n) is 3.11. The molecule has 6 nitrogen and oxygen atoms in total. The number of rotatable bonds is 3. The van der Waals surface area contributed by atoms with Crippen molar-refractivity contribution in [2.45, 2.75) is 44.4 Å². The van der Waals surface area contributed by atoms with Crippen LogP contribution >= 0.6 is 0 Å². The summed E-state index contributed by atoms with van der Waals surface area (Å²) in [5.41, 5.74) is 0.250. The van der Waals surface area contributed by atoms with Crippen LogP contribution in [0.4, 0.5) is 0 Å². The molecule has 6 heteroatoms. The Morgan fingerprint density at radius 2 is 2.43 bits per heavy atom. The van der Waals surface area contributed by atoms with Gasteiger partial charge in [-0.05, 0) is 32.3 Å². The number of aliphatic hydroxyl groups is 1. The second kappa shape index (κ2) is 5.79. The van der Waals surface area contributed by atoms with Crippen LogP contribution in [0.2, 0.25) is 0 Å². The molecule has 2 aliphatic rings. The van der Waals surface area contributed by atoms with Crippen LogP contribution in [-0.2, 0) is 16.2 Å². The van der Waals surface area contributed by atoms with E-state index in [1.165, 1.54) is 5.06 Å². The van der Waals surface area contributed by atoms with Crippen molar-refractivity contribution in [2.24, 2.45) is 0 Å². The van der Waals surface area contributed by atoms with E-state index in [2.05, 4.69) is 0 Å². The van der Waals surface area contributed by atoms with Gasteiger partial charge in [-0.2, -0.15) is 0 Å². The van der Waals surface area contributed by atoms with Gasteiger partial charge in [0.15, 0.2) is 0 Å². The molecule has 0 bridgehead atoms. The molecular formula is C15H22N2O4. The molecule has 3 rings (SSSR count). The van der Waals surface area contributed by atoms with Crippen molar-refractivity contribution in [1.82, 2.24) is 9.96 Å². The number of piperidine rings is 1. The van der Waals surface area contributed by atoms with E-state index in [0.29, 0.717) is 39.1 Å². The molecule has 2 saturated heterocycles. The number of nitrogens with zero attached hydrogens (tertiary/aromatic N) is 2. The first-order valence-electron chi connectivity index (χ1n) is 7.47. The predicted octanol–water partition coefficient (Wildman–Crippen LogP) is 1.16. The smallest absolute Gasteiger partial charge is 0.263 e. The molecule has 1 aromatic heterocycles. The number of likely N-dealkylation sites (tertiary alicyclic amines) is 1. The third-order valence-corrected chi connectivity index (χ3v) is 4.19. The molecular weight excluding hydrogens is 272 g/mol. The van der Waals surface area contributed by atoms with Crippen molar-refractivity contribution in [1.29, 1.82) is 0 Å². The lowest BCUT2D eigenvalue weighted by molar-refractivity contribution is -0.179. The number of amides is 1. The van der Waals surface area contributed by atoms with Crippen LogP contribution in [0.1, 0.15) is 31.7 Å². The van der Waals surface area contributed by atoms with Crippen molar-refractivity contribution in [3.05, 3.63) is 24.2 Å². The quantitative estimate of drug-likeness (QED) is 0.906. The summed E-state index contributed by atoms with van der Waals surface area (Å²) >= 11 is 0. The normalized spacial score (nSPS) is 30.8. The van der Waals surface area contributed by atoms with Crippen LogP contribution in [0, 0.1) is 0 Å². The first kappa shape index (κ1) is 14.6. The van der Waals surface area contributed by atoms with Crippen LogP contribution in [-0.4, -0.2) is 52.3 Å². The first-order chi connectivity index (χ1) is 10.1. The van der Waals surface area contributed by atoms with Crippen molar-refractivity contribution < 1.29 is 19.2 Å². The number of hydrogen-bond acceptors (Lipinski definition) is 5. The number of furan rings is 1. The van der Waals surface area contributed by atoms with Gasteiger partial charge >= 0.3 is 0 Å². The molecule has 0 saturated carbocycles. The molecule has 1 amide bonds. The molecule has 1 aromatic rings. The van der Waals surface area contributed by atoms with Gasteiger partial charge in [0, 0.05) is 18.7 Å². The Morgan fingerprint density at radius 3 is 3.10 bits per heavy atom. The van der Waals surface area contributed by atoms with Gasteiger partial charge in [-0.25, -0.2) is 5.06 Å². The van der Waals surface area contributed by atoms with E-state index < -0.39 is 5.60 Å². The van der Waals surface area contributed by atoms with Crippen molar-refractivity contribution in [3.8, 4) is 0 Å². The summed E-state index contributed by atoms with van der Waals surface area (Å²) in [6.07, 6.45) is 5.45. The summed E-state index contributed by atoms with van der Waals surface area (Å²) in [5.74, 6) is 0.00601. The minimum Gasteiger partial charge on any atom is -0.472 e. The Labute approximate surface area is 124 Å². The van der Waals surface area contributed by atoms with Gasteiger partial charge in [0.2, 0.25) is 0 Å². The monoisotopic (exact) mass is 294 g/mol. The zero-order valence-corrected chi connectivity index (χ0v) is 12.3. The third kappa shape index (κ3) is 3.28. The molecule has 0 unspecified atom stereocenters. The highest BCUT2D eigenvalue weighted by molar-refractivity contribution is 5.81. The van der Waals surface area contributed by atoms with Crippen LogP contribution in [0.25, 0.3) is 0 Å². The Kier molecular flexibility index (Phi) is 4.01. The topological polar surface area (TPSA) is 66.2 Å². The Bertz CT molecular complexity index is 480. The number of β-amino-alcohol motifs (C(OH)–C–C–N with tert-alkyl or cyclic N) is 1. The second-order valence-electron chi connectivity index (χ2n) is 6.22. The third-order valence-electron chi connectivity index (χ3n) is 4.19. The standard InChI is InChI=1S/C15H22N2O4/c1-15(19)5-3-13(14(18)17-6-2-7-21-17)16(11-15)9-12-4-8-20-10-12/h4,8,10,13,19H,2-3,5-7,9,11H2,1H3/t13-,15-/m0/s1. The molecule has 116 valence electrons. The molecule has 1 N–H and O–H groups in total. The van der Waals surface area contributed by atoms with Crippen molar-refractivity contribution in [2.75, 3.05) is 19.7 Å². The van der Waals surface area contributed by atoms with Crippen LogP contribution < -0.4 is 0 Å². The maximum absolute atomic E-state index is 12.6. The molecule has 0 aromatic carbocycles. The van der Waals surface area contributed by atoms with E-state index in [9.17, 15) is 9.90 Å². The van der Waals surface area contributed by atoms with E-state index >= 15 is 0 Å². The predicted molar refractivity (Wildman–Crippen MR) is 75.0 cm³/mol. The largest absolute Gasteiger partial charge is 0.472 e. The average Bonchev–Trinajstić information content (AvgIpc) is 3.10. The minimum absolute atomic E-state index is 0.00601. The molecule has 2 atom stereocenters. The van der Waals surface area contributed by atoms with Crippen LogP contribution in [0.5, 0.6) is 0 Å². The maximum atomic E-state index is 12.6. The number of carbonyl (C=O) groups excluding carboxylic acids is 1. The molecule has 3 heterocycles. The second-order valence-corrected chi connectivity index (χ2v) is 6.22. The van der Waals surface area contributed by atoms with E-state index in [-0.39, 0.29) is 11.9 Å². The van der Waals surface area contributed by atoms with E-state index in [1.54, 1.807) is 12.5 Å². The van der Waals surface area contributed by atoms with E-state index in [0.717, 1.165) is 12.0 Å². The molecule has 2 aliphatic heterocycles. The Balaban J connectivity index is 1.74. The summed E-state index contributed by atoms with van der Waals surface area (Å²) < 4.78 is 5.09. The highest BCUT2D eigenvalue weighted by atomic mass is 16.7. The molecule has 0 radical (unpaired) electrons. The maximum Gasteiger partial charge on any atom is 0.263 e. The summed E-state index contributed by atoms with van der Waals surface area (Å²) in [6.45, 7) is 4.16. The summed E-state index contributed by atoms with van der Waals surface area (Å²) in [6, 6.07) is 1.65. The zero-order valence-electron chi connectivity index (χ0n) is 12.3. The lowest BCUT2D eigenvalue weighted by Crippen LogP contribution is -2.56. The number of hydrogen-bond donors (Lipinski definition) is 1. The minimum atomic E-state index is -0.758. The van der Waals surface area contributed by atoms with Gasteiger partial charge < -0.3 is 9.52 Å². The van der Waals surface area contributed by atoms with Crippen LogP contribution in [0.15, 0.2) is 23.0 Å². The fraction of sp³-hybridized carbons (Fsp3) is 0.667. The average molecular weight is 294 g/mol.